The van der Waals surface area contributed by atoms with Gasteiger partial charge >= 0.3 is 0 Å². The maximum Gasteiger partial charge on any atom is 0.262 e. The minimum atomic E-state index is -0.164. The summed E-state index contributed by atoms with van der Waals surface area (Å²) in [4.78, 5) is 30.2. The summed E-state index contributed by atoms with van der Waals surface area (Å²) < 4.78 is 1.80. The van der Waals surface area contributed by atoms with Gasteiger partial charge in [-0.1, -0.05) is 18.9 Å². The number of nitrogens with one attached hydrogen (secondary N) is 1. The van der Waals surface area contributed by atoms with E-state index in [1.165, 1.54) is 17.4 Å². The molecule has 5 nitrogen and oxygen atoms in total. The molecular weight excluding hydrogens is 322 g/mol. The molecule has 0 atom stereocenters. The maximum absolute atomic E-state index is 12.7. The number of fused-ring (bicyclic) bond motifs is 1. The van der Waals surface area contributed by atoms with Crippen LogP contribution in [0.25, 0.3) is 10.9 Å². The van der Waals surface area contributed by atoms with Crippen molar-refractivity contribution in [3.8, 4) is 0 Å². The van der Waals surface area contributed by atoms with Gasteiger partial charge in [0.2, 0.25) is 0 Å². The molecule has 0 saturated carbocycles. The quantitative estimate of drug-likeness (QED) is 0.687. The smallest absolute Gasteiger partial charge is 0.262 e. The molecule has 3 rings (SSSR count). The van der Waals surface area contributed by atoms with Crippen LogP contribution < -0.4 is 5.56 Å². The van der Waals surface area contributed by atoms with Crippen molar-refractivity contribution in [2.45, 2.75) is 32.2 Å². The van der Waals surface area contributed by atoms with Gasteiger partial charge in [0.05, 0.1) is 10.9 Å². The Balaban J connectivity index is 2.01. The van der Waals surface area contributed by atoms with Gasteiger partial charge in [-0.2, -0.15) is 0 Å². The molecule has 0 bridgehead atoms. The van der Waals surface area contributed by atoms with Gasteiger partial charge in [-0.25, -0.2) is 0 Å². The number of aromatic amines is 1. The van der Waals surface area contributed by atoms with Gasteiger partial charge in [0.25, 0.3) is 11.5 Å². The van der Waals surface area contributed by atoms with Crippen molar-refractivity contribution in [2.75, 3.05) is 13.1 Å². The van der Waals surface area contributed by atoms with Gasteiger partial charge < -0.3 is 9.88 Å². The van der Waals surface area contributed by atoms with Crippen molar-refractivity contribution in [1.29, 1.82) is 0 Å². The molecule has 2 heterocycles. The van der Waals surface area contributed by atoms with Crippen LogP contribution in [0.15, 0.2) is 35.6 Å². The number of allylic oxidation sites excluding steroid dienone is 1. The molecule has 1 N–H and O–H groups in total. The number of carbonyl (C=O) groups is 1. The molecule has 1 aromatic carbocycles. The number of aromatic nitrogens is 2. The minimum absolute atomic E-state index is 0.0217. The number of amides is 1. The topological polar surface area (TPSA) is 58.1 Å². The molecule has 0 spiro atoms. The van der Waals surface area contributed by atoms with Crippen molar-refractivity contribution in [2.24, 2.45) is 0 Å². The van der Waals surface area contributed by atoms with Crippen molar-refractivity contribution in [3.63, 3.8) is 0 Å². The molecule has 126 valence electrons. The highest BCUT2D eigenvalue weighted by Gasteiger charge is 2.18. The average molecular weight is 343 g/mol. The third-order valence-electron chi connectivity index (χ3n) is 4.43. The summed E-state index contributed by atoms with van der Waals surface area (Å²) in [5, 5.41) is 0.526. The molecule has 24 heavy (non-hydrogen) atoms. The molecule has 1 aliphatic rings. The lowest BCUT2D eigenvalue weighted by atomic mass is 10.1. The first-order chi connectivity index (χ1) is 11.6. The van der Waals surface area contributed by atoms with E-state index >= 15 is 0 Å². The van der Waals surface area contributed by atoms with E-state index in [9.17, 15) is 9.59 Å². The van der Waals surface area contributed by atoms with Crippen LogP contribution in [0, 0.1) is 4.77 Å². The SMILES string of the molecule is C=CCn1c(=S)[nH]c2cc(C(=O)N3CCCCCC3)ccc2c1=O. The van der Waals surface area contributed by atoms with Crippen LogP contribution in [0.1, 0.15) is 36.0 Å². The summed E-state index contributed by atoms with van der Waals surface area (Å²) in [6.07, 6.45) is 6.09. The lowest BCUT2D eigenvalue weighted by Gasteiger charge is -2.20. The highest BCUT2D eigenvalue weighted by Crippen LogP contribution is 2.16. The monoisotopic (exact) mass is 343 g/mol. The molecule has 1 aromatic heterocycles. The first-order valence-corrected chi connectivity index (χ1v) is 8.69. The number of H-pyrrole nitrogens is 1. The fourth-order valence-electron chi connectivity index (χ4n) is 3.14. The second-order valence-electron chi connectivity index (χ2n) is 6.10. The molecule has 1 amide bonds. The predicted molar refractivity (Wildman–Crippen MR) is 98.0 cm³/mol. The Morgan fingerprint density at radius 2 is 1.96 bits per heavy atom. The molecule has 0 unspecified atom stereocenters. The fourth-order valence-corrected chi connectivity index (χ4v) is 3.41. The number of likely N-dealkylation sites (tertiary alicyclic amines) is 1. The summed E-state index contributed by atoms with van der Waals surface area (Å²) in [6.45, 7) is 5.60. The molecule has 0 radical (unpaired) electrons. The molecule has 1 fully saturated rings. The number of hydrogen-bond acceptors (Lipinski definition) is 3. The van der Waals surface area contributed by atoms with E-state index in [2.05, 4.69) is 11.6 Å². The zero-order valence-electron chi connectivity index (χ0n) is 13.6. The summed E-state index contributed by atoms with van der Waals surface area (Å²) in [5.41, 5.74) is 1.03. The number of carbonyl (C=O) groups excluding carboxylic acids is 1. The standard InChI is InChI=1S/C18H21N3O2S/c1-2-9-21-17(23)14-8-7-13(12-15(14)19-18(21)24)16(22)20-10-5-3-4-6-11-20/h2,7-8,12H,1,3-6,9-11H2,(H,19,24). The zero-order valence-corrected chi connectivity index (χ0v) is 14.4. The van der Waals surface area contributed by atoms with E-state index in [4.69, 9.17) is 12.2 Å². The Morgan fingerprint density at radius 1 is 1.25 bits per heavy atom. The average Bonchev–Trinajstić information content (AvgIpc) is 2.87. The Bertz CT molecular complexity index is 889. The third-order valence-corrected chi connectivity index (χ3v) is 4.76. The van der Waals surface area contributed by atoms with Crippen LogP contribution in [0.2, 0.25) is 0 Å². The molecule has 0 aliphatic carbocycles. The van der Waals surface area contributed by atoms with E-state index in [1.54, 1.807) is 24.3 Å². The lowest BCUT2D eigenvalue weighted by Crippen LogP contribution is -2.32. The maximum atomic E-state index is 12.7. The van der Waals surface area contributed by atoms with Gasteiger partial charge in [-0.3, -0.25) is 14.2 Å². The Morgan fingerprint density at radius 3 is 2.62 bits per heavy atom. The minimum Gasteiger partial charge on any atom is -0.339 e. The highest BCUT2D eigenvalue weighted by atomic mass is 32.1. The Hall–Kier alpha value is -2.21. The number of nitrogens with zero attached hydrogens (tertiary/aromatic N) is 2. The summed E-state index contributed by atoms with van der Waals surface area (Å²) in [7, 11) is 0. The zero-order chi connectivity index (χ0) is 17.1. The van der Waals surface area contributed by atoms with Crippen LogP contribution in [0.5, 0.6) is 0 Å². The van der Waals surface area contributed by atoms with Crippen LogP contribution in [-0.2, 0) is 6.54 Å². The van der Waals surface area contributed by atoms with Crippen LogP contribution in [0.4, 0.5) is 0 Å². The molecule has 6 heteroatoms. The summed E-state index contributed by atoms with van der Waals surface area (Å²) >= 11 is 5.25. The first kappa shape index (κ1) is 16.6. The van der Waals surface area contributed by atoms with Crippen LogP contribution >= 0.6 is 12.2 Å². The Kier molecular flexibility index (Phi) is 4.94. The lowest BCUT2D eigenvalue weighted by molar-refractivity contribution is 0.0762. The van der Waals surface area contributed by atoms with Crippen molar-refractivity contribution in [3.05, 3.63) is 51.5 Å². The van der Waals surface area contributed by atoms with Crippen molar-refractivity contribution in [1.82, 2.24) is 14.5 Å². The second kappa shape index (κ2) is 7.13. The Labute approximate surface area is 145 Å². The third kappa shape index (κ3) is 3.19. The van der Waals surface area contributed by atoms with Gasteiger partial charge in [0.15, 0.2) is 4.77 Å². The van der Waals surface area contributed by atoms with Gasteiger partial charge in [-0.15, -0.1) is 6.58 Å². The predicted octanol–water partition coefficient (Wildman–Crippen LogP) is 3.26. The highest BCUT2D eigenvalue weighted by molar-refractivity contribution is 7.71. The second-order valence-corrected chi connectivity index (χ2v) is 6.49. The number of hydrogen-bond donors (Lipinski definition) is 1. The largest absolute Gasteiger partial charge is 0.339 e. The van der Waals surface area contributed by atoms with Gasteiger partial charge in [-0.05, 0) is 43.3 Å². The molecule has 2 aromatic rings. The van der Waals surface area contributed by atoms with E-state index in [0.29, 0.717) is 27.8 Å². The number of benzene rings is 1. The first-order valence-electron chi connectivity index (χ1n) is 8.29. The van der Waals surface area contributed by atoms with Crippen LogP contribution in [0.3, 0.4) is 0 Å². The van der Waals surface area contributed by atoms with E-state index in [-0.39, 0.29) is 11.5 Å². The molecular formula is C18H21N3O2S. The normalized spacial score (nSPS) is 15.2. The summed E-state index contributed by atoms with van der Waals surface area (Å²) in [5.74, 6) is 0.0217. The van der Waals surface area contributed by atoms with Gasteiger partial charge in [0.1, 0.15) is 0 Å². The van der Waals surface area contributed by atoms with E-state index < -0.39 is 0 Å². The van der Waals surface area contributed by atoms with E-state index in [0.717, 1.165) is 25.9 Å². The van der Waals surface area contributed by atoms with Crippen LogP contribution in [-0.4, -0.2) is 33.4 Å². The van der Waals surface area contributed by atoms with E-state index in [1.807, 2.05) is 4.90 Å². The fraction of sp³-hybridized carbons (Fsp3) is 0.389. The van der Waals surface area contributed by atoms with Crippen molar-refractivity contribution < 1.29 is 4.79 Å². The van der Waals surface area contributed by atoms with Crippen molar-refractivity contribution >= 4 is 29.0 Å². The molecule has 1 aliphatic heterocycles. The molecule has 1 saturated heterocycles. The van der Waals surface area contributed by atoms with Gasteiger partial charge in [0, 0.05) is 25.2 Å². The number of rotatable bonds is 3. The summed E-state index contributed by atoms with van der Waals surface area (Å²) in [6, 6.07) is 5.16.